The van der Waals surface area contributed by atoms with Gasteiger partial charge in [-0.25, -0.2) is 4.98 Å². The van der Waals surface area contributed by atoms with E-state index >= 15 is 0 Å². The molecule has 10 heavy (non-hydrogen) atoms. The smallest absolute Gasteiger partial charge is 0.134 e. The van der Waals surface area contributed by atoms with Crippen molar-refractivity contribution in [3.8, 4) is 0 Å². The molecule has 0 aromatic carbocycles. The molecule has 0 fully saturated rings. The fourth-order valence-electron chi connectivity index (χ4n) is 0.588. The number of aromatic nitrogens is 1. The van der Waals surface area contributed by atoms with Gasteiger partial charge in [-0.15, -0.1) is 11.3 Å². The van der Waals surface area contributed by atoms with Crippen LogP contribution in [0.3, 0.4) is 0 Å². The number of anilines is 1. The number of hydrogen-bond donors (Lipinski definition) is 1. The van der Waals surface area contributed by atoms with E-state index in [0.717, 1.165) is 5.01 Å². The fourth-order valence-corrected chi connectivity index (χ4v) is 1.33. The first kappa shape index (κ1) is 7.50. The molecule has 0 spiro atoms. The van der Waals surface area contributed by atoms with Crippen LogP contribution in [0.5, 0.6) is 0 Å². The van der Waals surface area contributed by atoms with Crippen LogP contribution in [0, 0.1) is 0 Å². The summed E-state index contributed by atoms with van der Waals surface area (Å²) in [6, 6.07) is 0. The van der Waals surface area contributed by atoms with Gasteiger partial charge in [-0.3, -0.25) is 0 Å². The molecule has 3 nitrogen and oxygen atoms in total. The van der Waals surface area contributed by atoms with Gasteiger partial charge in [0.25, 0.3) is 0 Å². The number of methoxy groups -OCH3 is 1. The minimum atomic E-state index is 0.0577. The average Bonchev–Trinajstić information content (AvgIpc) is 2.34. The first-order chi connectivity index (χ1) is 4.74. The third-order valence-electron chi connectivity index (χ3n) is 1.24. The van der Waals surface area contributed by atoms with Crippen LogP contribution in [-0.4, -0.2) is 12.1 Å². The van der Waals surface area contributed by atoms with Crippen molar-refractivity contribution < 1.29 is 4.74 Å². The lowest BCUT2D eigenvalue weighted by Gasteiger charge is -2.02. The summed E-state index contributed by atoms with van der Waals surface area (Å²) in [4.78, 5) is 4.05. The lowest BCUT2D eigenvalue weighted by Crippen LogP contribution is -1.95. The number of hydrogen-bond acceptors (Lipinski definition) is 4. The van der Waals surface area contributed by atoms with Crippen molar-refractivity contribution in [1.29, 1.82) is 0 Å². The van der Waals surface area contributed by atoms with Gasteiger partial charge >= 0.3 is 0 Å². The summed E-state index contributed by atoms with van der Waals surface area (Å²) < 4.78 is 5.04. The Morgan fingerprint density at radius 1 is 1.80 bits per heavy atom. The molecule has 1 atom stereocenters. The first-order valence-electron chi connectivity index (χ1n) is 2.97. The molecule has 1 aromatic heterocycles. The summed E-state index contributed by atoms with van der Waals surface area (Å²) >= 11 is 1.52. The maximum absolute atomic E-state index is 5.41. The zero-order valence-corrected chi connectivity index (χ0v) is 6.81. The summed E-state index contributed by atoms with van der Waals surface area (Å²) in [6.45, 7) is 1.94. The maximum atomic E-state index is 5.41. The molecule has 1 heterocycles. The molecule has 1 unspecified atom stereocenters. The first-order valence-corrected chi connectivity index (χ1v) is 3.85. The number of ether oxygens (including phenoxy) is 1. The van der Waals surface area contributed by atoms with E-state index in [1.54, 1.807) is 7.11 Å². The summed E-state index contributed by atoms with van der Waals surface area (Å²) in [5.41, 5.74) is 5.41. The second-order valence-corrected chi connectivity index (χ2v) is 2.88. The normalized spacial score (nSPS) is 13.4. The second-order valence-electron chi connectivity index (χ2n) is 1.99. The minimum Gasteiger partial charge on any atom is -0.383 e. The van der Waals surface area contributed by atoms with Gasteiger partial charge in [-0.05, 0) is 6.92 Å². The van der Waals surface area contributed by atoms with Crippen molar-refractivity contribution >= 4 is 17.2 Å². The van der Waals surface area contributed by atoms with Crippen molar-refractivity contribution in [1.82, 2.24) is 4.98 Å². The van der Waals surface area contributed by atoms with E-state index in [1.807, 2.05) is 12.3 Å². The van der Waals surface area contributed by atoms with E-state index in [1.165, 1.54) is 11.3 Å². The number of thiazole rings is 1. The molecule has 1 rings (SSSR count). The Labute approximate surface area is 63.8 Å². The molecule has 1 aromatic rings. The second kappa shape index (κ2) is 2.98. The van der Waals surface area contributed by atoms with Gasteiger partial charge in [0.05, 0.1) is 0 Å². The third kappa shape index (κ3) is 1.46. The SMILES string of the molecule is COC(C)c1nc(N)cs1. The van der Waals surface area contributed by atoms with Gasteiger partial charge in [0.1, 0.15) is 16.9 Å². The predicted molar refractivity (Wildman–Crippen MR) is 42.0 cm³/mol. The molecular weight excluding hydrogens is 148 g/mol. The van der Waals surface area contributed by atoms with Crippen LogP contribution in [0.25, 0.3) is 0 Å². The van der Waals surface area contributed by atoms with E-state index in [0.29, 0.717) is 5.82 Å². The van der Waals surface area contributed by atoms with Crippen molar-refractivity contribution in [2.75, 3.05) is 12.8 Å². The highest BCUT2D eigenvalue weighted by molar-refractivity contribution is 7.10. The van der Waals surface area contributed by atoms with Gasteiger partial charge in [-0.2, -0.15) is 0 Å². The van der Waals surface area contributed by atoms with Crippen molar-refractivity contribution in [3.63, 3.8) is 0 Å². The largest absolute Gasteiger partial charge is 0.383 e. The average molecular weight is 158 g/mol. The van der Waals surface area contributed by atoms with E-state index in [4.69, 9.17) is 10.5 Å². The maximum Gasteiger partial charge on any atom is 0.134 e. The summed E-state index contributed by atoms with van der Waals surface area (Å²) in [5.74, 6) is 0.573. The zero-order valence-electron chi connectivity index (χ0n) is 6.00. The molecule has 0 saturated carbocycles. The van der Waals surface area contributed by atoms with E-state index in [-0.39, 0.29) is 6.10 Å². The molecule has 56 valence electrons. The fraction of sp³-hybridized carbons (Fsp3) is 0.500. The van der Waals surface area contributed by atoms with Gasteiger partial charge in [-0.1, -0.05) is 0 Å². The Morgan fingerprint density at radius 3 is 2.90 bits per heavy atom. The standard InChI is InChI=1S/C6H10N2OS/c1-4(9-2)6-8-5(7)3-10-6/h3-4H,7H2,1-2H3. The molecule has 0 saturated heterocycles. The van der Waals surface area contributed by atoms with Crippen LogP contribution in [0.2, 0.25) is 0 Å². The number of nitrogens with two attached hydrogens (primary N) is 1. The Kier molecular flexibility index (Phi) is 2.24. The summed E-state index contributed by atoms with van der Waals surface area (Å²) in [5, 5.41) is 2.74. The van der Waals surface area contributed by atoms with Crippen LogP contribution < -0.4 is 5.73 Å². The Morgan fingerprint density at radius 2 is 2.50 bits per heavy atom. The highest BCUT2D eigenvalue weighted by Gasteiger charge is 2.06. The monoisotopic (exact) mass is 158 g/mol. The van der Waals surface area contributed by atoms with E-state index in [2.05, 4.69) is 4.98 Å². The van der Waals surface area contributed by atoms with E-state index < -0.39 is 0 Å². The lowest BCUT2D eigenvalue weighted by molar-refractivity contribution is 0.119. The van der Waals surface area contributed by atoms with Gasteiger partial charge in [0.2, 0.25) is 0 Å². The lowest BCUT2D eigenvalue weighted by atomic mass is 10.4. The zero-order chi connectivity index (χ0) is 7.56. The summed E-state index contributed by atoms with van der Waals surface area (Å²) in [6.07, 6.45) is 0.0577. The third-order valence-corrected chi connectivity index (χ3v) is 2.27. The quantitative estimate of drug-likeness (QED) is 0.708. The molecule has 0 radical (unpaired) electrons. The van der Waals surface area contributed by atoms with Crippen LogP contribution in [0.15, 0.2) is 5.38 Å². The van der Waals surface area contributed by atoms with Crippen molar-refractivity contribution in [2.24, 2.45) is 0 Å². The highest BCUT2D eigenvalue weighted by atomic mass is 32.1. The van der Waals surface area contributed by atoms with E-state index in [9.17, 15) is 0 Å². The molecule has 4 heteroatoms. The topological polar surface area (TPSA) is 48.1 Å². The highest BCUT2D eigenvalue weighted by Crippen LogP contribution is 2.20. The predicted octanol–water partition coefficient (Wildman–Crippen LogP) is 1.43. The number of nitrogen functional groups attached to an aromatic ring is 1. The Balaban J connectivity index is 2.74. The molecule has 2 N–H and O–H groups in total. The van der Waals surface area contributed by atoms with Crippen LogP contribution in [0.1, 0.15) is 18.0 Å². The molecule has 0 aliphatic carbocycles. The van der Waals surface area contributed by atoms with Gasteiger partial charge in [0.15, 0.2) is 0 Å². The van der Waals surface area contributed by atoms with Crippen LogP contribution >= 0.6 is 11.3 Å². The van der Waals surface area contributed by atoms with Gasteiger partial charge < -0.3 is 10.5 Å². The number of nitrogens with zero attached hydrogens (tertiary/aromatic N) is 1. The Bertz CT molecular complexity index is 211. The molecule has 0 amide bonds. The minimum absolute atomic E-state index is 0.0577. The Hall–Kier alpha value is -0.610. The molecular formula is C6H10N2OS. The van der Waals surface area contributed by atoms with Gasteiger partial charge in [0, 0.05) is 12.5 Å². The molecule has 0 bridgehead atoms. The number of rotatable bonds is 2. The van der Waals surface area contributed by atoms with Crippen molar-refractivity contribution in [2.45, 2.75) is 13.0 Å². The molecule has 0 aliphatic rings. The molecule has 0 aliphatic heterocycles. The summed E-state index contributed by atoms with van der Waals surface area (Å²) in [7, 11) is 1.66. The van der Waals surface area contributed by atoms with Crippen molar-refractivity contribution in [3.05, 3.63) is 10.4 Å². The van der Waals surface area contributed by atoms with Crippen LogP contribution in [-0.2, 0) is 4.74 Å². The van der Waals surface area contributed by atoms with Crippen LogP contribution in [0.4, 0.5) is 5.82 Å².